The first-order chi connectivity index (χ1) is 12.9. The molecule has 3 rings (SSSR count). The van der Waals surface area contributed by atoms with Crippen molar-refractivity contribution in [3.05, 3.63) is 59.7 Å². The molecule has 6 heteroatoms. The molecule has 5 nitrogen and oxygen atoms in total. The number of hydrogen-bond acceptors (Lipinski definition) is 5. The maximum atomic E-state index is 12.5. The monoisotopic (exact) mass is 381 g/mol. The molecule has 1 aromatic heterocycles. The van der Waals surface area contributed by atoms with E-state index < -0.39 is 6.10 Å². The van der Waals surface area contributed by atoms with Crippen molar-refractivity contribution < 1.29 is 9.53 Å². The number of nitrogens with zero attached hydrogens (tertiary/aromatic N) is 2. The zero-order valence-corrected chi connectivity index (χ0v) is 16.7. The topological polar surface area (TPSA) is 64.1 Å². The molecule has 0 unspecified atom stereocenters. The molecule has 140 valence electrons. The van der Waals surface area contributed by atoms with E-state index in [1.807, 2.05) is 43.3 Å². The Morgan fingerprint density at radius 2 is 1.81 bits per heavy atom. The second-order valence-electron chi connectivity index (χ2n) is 6.72. The standard InChI is InChI=1S/C21H23N3O2S/c1-13(2)17-11-10-14(3)12-18(17)26-15(4)19(25)22-21-24-23-20(27-21)16-8-6-5-7-9-16/h5-13,15H,1-4H3,(H,22,24,25)/t15-/m1/s1. The van der Waals surface area contributed by atoms with E-state index >= 15 is 0 Å². The van der Waals surface area contributed by atoms with Gasteiger partial charge in [0.15, 0.2) is 6.10 Å². The molecule has 0 aliphatic rings. The average molecular weight is 382 g/mol. The van der Waals surface area contributed by atoms with Crippen LogP contribution in [0.3, 0.4) is 0 Å². The Labute approximate surface area is 163 Å². The highest BCUT2D eigenvalue weighted by Crippen LogP contribution is 2.29. The molecule has 0 saturated heterocycles. The number of hydrogen-bond donors (Lipinski definition) is 1. The van der Waals surface area contributed by atoms with Crippen molar-refractivity contribution in [1.82, 2.24) is 10.2 Å². The van der Waals surface area contributed by atoms with E-state index in [-0.39, 0.29) is 5.91 Å². The predicted molar refractivity (Wildman–Crippen MR) is 109 cm³/mol. The van der Waals surface area contributed by atoms with Crippen molar-refractivity contribution in [2.24, 2.45) is 0 Å². The van der Waals surface area contributed by atoms with Gasteiger partial charge >= 0.3 is 0 Å². The van der Waals surface area contributed by atoms with Gasteiger partial charge < -0.3 is 4.74 Å². The third-order valence-electron chi connectivity index (χ3n) is 4.14. The molecule has 0 aliphatic heterocycles. The Kier molecular flexibility index (Phi) is 5.86. The molecule has 0 spiro atoms. The fourth-order valence-corrected chi connectivity index (χ4v) is 3.39. The van der Waals surface area contributed by atoms with Crippen molar-refractivity contribution in [3.8, 4) is 16.3 Å². The molecule has 1 atom stereocenters. The lowest BCUT2D eigenvalue weighted by Gasteiger charge is -2.18. The van der Waals surface area contributed by atoms with Crippen LogP contribution in [0.25, 0.3) is 10.6 Å². The highest BCUT2D eigenvalue weighted by atomic mass is 32.1. The zero-order valence-electron chi connectivity index (χ0n) is 15.9. The summed E-state index contributed by atoms with van der Waals surface area (Å²) in [5, 5.41) is 12.2. The van der Waals surface area contributed by atoms with Crippen molar-refractivity contribution in [3.63, 3.8) is 0 Å². The quantitative estimate of drug-likeness (QED) is 0.649. The highest BCUT2D eigenvalue weighted by molar-refractivity contribution is 7.18. The molecule has 2 aromatic carbocycles. The Balaban J connectivity index is 1.69. The number of rotatable bonds is 6. The number of aromatic nitrogens is 2. The number of amides is 1. The van der Waals surface area contributed by atoms with Gasteiger partial charge in [0.2, 0.25) is 5.13 Å². The number of benzene rings is 2. The fraction of sp³-hybridized carbons (Fsp3) is 0.286. The van der Waals surface area contributed by atoms with E-state index in [1.54, 1.807) is 6.92 Å². The van der Waals surface area contributed by atoms with Gasteiger partial charge in [0.1, 0.15) is 10.8 Å². The van der Waals surface area contributed by atoms with Crippen LogP contribution in [-0.4, -0.2) is 22.2 Å². The Bertz CT molecular complexity index is 922. The Morgan fingerprint density at radius 1 is 1.07 bits per heavy atom. The molecular formula is C21H23N3O2S. The smallest absolute Gasteiger partial charge is 0.266 e. The Hall–Kier alpha value is -2.73. The predicted octanol–water partition coefficient (Wildman–Crippen LogP) is 5.04. The number of anilines is 1. The number of carbonyl (C=O) groups is 1. The first kappa shape index (κ1) is 19.0. The third-order valence-corrected chi connectivity index (χ3v) is 5.03. The summed E-state index contributed by atoms with van der Waals surface area (Å²) in [4.78, 5) is 12.5. The summed E-state index contributed by atoms with van der Waals surface area (Å²) in [6, 6.07) is 15.8. The van der Waals surface area contributed by atoms with Gasteiger partial charge in [-0.3, -0.25) is 10.1 Å². The lowest BCUT2D eigenvalue weighted by atomic mass is 10.0. The molecule has 0 aliphatic carbocycles. The maximum Gasteiger partial charge on any atom is 0.266 e. The second-order valence-corrected chi connectivity index (χ2v) is 7.70. The van der Waals surface area contributed by atoms with E-state index in [1.165, 1.54) is 11.3 Å². The van der Waals surface area contributed by atoms with Crippen LogP contribution < -0.4 is 10.1 Å². The van der Waals surface area contributed by atoms with Crippen LogP contribution in [0.4, 0.5) is 5.13 Å². The molecule has 0 fully saturated rings. The summed E-state index contributed by atoms with van der Waals surface area (Å²) in [6.45, 7) is 7.96. The van der Waals surface area contributed by atoms with Gasteiger partial charge in [-0.2, -0.15) is 0 Å². The first-order valence-corrected chi connectivity index (χ1v) is 9.72. The molecule has 1 amide bonds. The van der Waals surface area contributed by atoms with E-state index in [2.05, 4.69) is 41.5 Å². The summed E-state index contributed by atoms with van der Waals surface area (Å²) in [6.07, 6.45) is -0.645. The van der Waals surface area contributed by atoms with Crippen LogP contribution in [-0.2, 0) is 4.79 Å². The van der Waals surface area contributed by atoms with Gasteiger partial charge in [-0.05, 0) is 37.0 Å². The van der Waals surface area contributed by atoms with Crippen molar-refractivity contribution in [2.45, 2.75) is 39.7 Å². The van der Waals surface area contributed by atoms with Gasteiger partial charge in [0.25, 0.3) is 5.91 Å². The van der Waals surface area contributed by atoms with Crippen LogP contribution in [0.5, 0.6) is 5.75 Å². The minimum atomic E-state index is -0.645. The Morgan fingerprint density at radius 3 is 2.52 bits per heavy atom. The average Bonchev–Trinajstić information content (AvgIpc) is 3.10. The van der Waals surface area contributed by atoms with Crippen LogP contribution in [0.15, 0.2) is 48.5 Å². The van der Waals surface area contributed by atoms with Crippen molar-refractivity contribution in [1.29, 1.82) is 0 Å². The van der Waals surface area contributed by atoms with E-state index in [0.29, 0.717) is 11.0 Å². The zero-order chi connectivity index (χ0) is 19.4. The van der Waals surface area contributed by atoms with Crippen LogP contribution in [0, 0.1) is 6.92 Å². The number of carbonyl (C=O) groups excluding carboxylic acids is 1. The number of ether oxygens (including phenoxy) is 1. The number of aryl methyl sites for hydroxylation is 1. The van der Waals surface area contributed by atoms with Crippen LogP contribution in [0.2, 0.25) is 0 Å². The van der Waals surface area contributed by atoms with Gasteiger partial charge in [0, 0.05) is 5.56 Å². The van der Waals surface area contributed by atoms with Crippen LogP contribution in [0.1, 0.15) is 37.8 Å². The second kappa shape index (κ2) is 8.31. The molecule has 3 aromatic rings. The normalized spacial score (nSPS) is 12.0. The van der Waals surface area contributed by atoms with E-state index in [0.717, 1.165) is 27.4 Å². The molecule has 0 bridgehead atoms. The van der Waals surface area contributed by atoms with Gasteiger partial charge in [0.05, 0.1) is 0 Å². The summed E-state index contributed by atoms with van der Waals surface area (Å²) < 4.78 is 5.96. The molecule has 1 N–H and O–H groups in total. The van der Waals surface area contributed by atoms with Gasteiger partial charge in [-0.25, -0.2) is 0 Å². The van der Waals surface area contributed by atoms with Gasteiger partial charge in [-0.15, -0.1) is 10.2 Å². The summed E-state index contributed by atoms with van der Waals surface area (Å²) in [5.41, 5.74) is 3.15. The molecular weight excluding hydrogens is 358 g/mol. The molecule has 27 heavy (non-hydrogen) atoms. The minimum Gasteiger partial charge on any atom is -0.481 e. The molecule has 1 heterocycles. The minimum absolute atomic E-state index is 0.248. The van der Waals surface area contributed by atoms with Crippen molar-refractivity contribution >= 4 is 22.4 Å². The highest BCUT2D eigenvalue weighted by Gasteiger charge is 2.19. The number of nitrogens with one attached hydrogen (secondary N) is 1. The summed E-state index contributed by atoms with van der Waals surface area (Å²) in [5.74, 6) is 0.810. The lowest BCUT2D eigenvalue weighted by Crippen LogP contribution is -2.30. The first-order valence-electron chi connectivity index (χ1n) is 8.91. The van der Waals surface area contributed by atoms with Gasteiger partial charge in [-0.1, -0.05) is 67.6 Å². The maximum absolute atomic E-state index is 12.5. The molecule has 0 saturated carbocycles. The van der Waals surface area contributed by atoms with E-state index in [9.17, 15) is 4.79 Å². The van der Waals surface area contributed by atoms with E-state index in [4.69, 9.17) is 4.74 Å². The largest absolute Gasteiger partial charge is 0.481 e. The summed E-state index contributed by atoms with van der Waals surface area (Å²) >= 11 is 1.34. The lowest BCUT2D eigenvalue weighted by molar-refractivity contribution is -0.122. The molecule has 0 radical (unpaired) electrons. The SMILES string of the molecule is Cc1ccc(C(C)C)c(O[C@H](C)C(=O)Nc2nnc(-c3ccccc3)s2)c1. The summed E-state index contributed by atoms with van der Waals surface area (Å²) in [7, 11) is 0. The van der Waals surface area contributed by atoms with Crippen molar-refractivity contribution in [2.75, 3.05) is 5.32 Å². The third kappa shape index (κ3) is 4.71. The fourth-order valence-electron chi connectivity index (χ4n) is 2.64. The van der Waals surface area contributed by atoms with Crippen LogP contribution >= 0.6 is 11.3 Å².